The van der Waals surface area contributed by atoms with E-state index in [1.807, 2.05) is 18.7 Å². The van der Waals surface area contributed by atoms with E-state index in [9.17, 15) is 24.9 Å². The minimum atomic E-state index is -1.05. The Morgan fingerprint density at radius 1 is 0.814 bits per heavy atom. The van der Waals surface area contributed by atoms with Gasteiger partial charge in [-0.15, -0.1) is 0 Å². The molecule has 6 heterocycles. The maximum Gasteiger partial charge on any atom is 0.258 e. The van der Waals surface area contributed by atoms with Crippen molar-refractivity contribution in [1.29, 1.82) is 0 Å². The van der Waals surface area contributed by atoms with Crippen LogP contribution in [-0.2, 0) is 35.7 Å². The summed E-state index contributed by atoms with van der Waals surface area (Å²) in [6, 6.07) is 9.13. The number of benzene rings is 2. The fraction of sp³-hybridized carbons (Fsp3) is 0.500. The fourth-order valence-corrected chi connectivity index (χ4v) is 8.36. The lowest BCUT2D eigenvalue weighted by Crippen LogP contribution is -2.52. The standard InChI is InChI=1S/C42H53N11O6/c1-27(2)32-18-33(35(55)19-34(32)54)39(57)53-24-29-4-3-28(17-30(29)25-53)23-49-7-5-42(58,6-8-49)20-37(56)51-11-9-50(10-12-51)26-36-46-38(31-21-44-40(43)45-22-31)48-41(47-36)52-13-15-59-16-14-52/h3-4,17-19,21-22,27,54-55,58H,5-16,20,23-26H2,1-2H3,(H2,43,44,45). The number of morpholine rings is 1. The van der Waals surface area contributed by atoms with E-state index in [4.69, 9.17) is 25.4 Å². The van der Waals surface area contributed by atoms with Gasteiger partial charge in [-0.05, 0) is 47.1 Å². The van der Waals surface area contributed by atoms with Gasteiger partial charge in [-0.1, -0.05) is 32.0 Å². The molecule has 0 radical (unpaired) electrons. The predicted octanol–water partition coefficient (Wildman–Crippen LogP) is 2.50. The van der Waals surface area contributed by atoms with E-state index in [1.54, 1.807) is 23.4 Å². The molecule has 8 rings (SSSR count). The van der Waals surface area contributed by atoms with Gasteiger partial charge >= 0.3 is 0 Å². The fourth-order valence-electron chi connectivity index (χ4n) is 8.36. The number of nitrogen functional groups attached to an aromatic ring is 1. The maximum atomic E-state index is 13.5. The highest BCUT2D eigenvalue weighted by Gasteiger charge is 2.37. The van der Waals surface area contributed by atoms with Gasteiger partial charge in [0.15, 0.2) is 5.82 Å². The minimum Gasteiger partial charge on any atom is -0.508 e. The molecule has 0 aliphatic carbocycles. The Kier molecular flexibility index (Phi) is 11.6. The number of amides is 2. The molecule has 3 saturated heterocycles. The molecule has 17 heteroatoms. The van der Waals surface area contributed by atoms with Crippen LogP contribution in [0.5, 0.6) is 11.5 Å². The molecule has 0 saturated carbocycles. The average Bonchev–Trinajstić information content (AvgIpc) is 3.66. The summed E-state index contributed by atoms with van der Waals surface area (Å²) in [5.74, 6) is 1.32. The Labute approximate surface area is 343 Å². The van der Waals surface area contributed by atoms with E-state index in [0.29, 0.717) is 133 Å². The summed E-state index contributed by atoms with van der Waals surface area (Å²) in [6.07, 6.45) is 4.33. The third kappa shape index (κ3) is 9.22. The van der Waals surface area contributed by atoms with Crippen molar-refractivity contribution in [2.45, 2.75) is 70.8 Å². The topological polar surface area (TPSA) is 211 Å². The second-order valence-corrected chi connectivity index (χ2v) is 16.5. The van der Waals surface area contributed by atoms with Crippen LogP contribution in [0.25, 0.3) is 11.4 Å². The van der Waals surface area contributed by atoms with Crippen molar-refractivity contribution in [2.75, 3.05) is 76.2 Å². The number of phenols is 2. The van der Waals surface area contributed by atoms with Crippen LogP contribution in [0.3, 0.4) is 0 Å². The van der Waals surface area contributed by atoms with Crippen LogP contribution in [0.2, 0.25) is 0 Å². The van der Waals surface area contributed by atoms with Crippen LogP contribution in [0, 0.1) is 0 Å². The van der Waals surface area contributed by atoms with Crippen molar-refractivity contribution in [3.05, 3.63) is 76.4 Å². The van der Waals surface area contributed by atoms with Gasteiger partial charge in [-0.2, -0.15) is 9.97 Å². The number of piperidine rings is 1. The lowest BCUT2D eigenvalue weighted by Gasteiger charge is -2.40. The molecule has 312 valence electrons. The number of aliphatic hydroxyl groups is 1. The second kappa shape index (κ2) is 17.0. The number of ether oxygens (including phenoxy) is 1. The highest BCUT2D eigenvalue weighted by Crippen LogP contribution is 2.35. The molecule has 2 aromatic carbocycles. The lowest BCUT2D eigenvalue weighted by molar-refractivity contribution is -0.140. The van der Waals surface area contributed by atoms with Crippen molar-refractivity contribution in [3.63, 3.8) is 0 Å². The van der Waals surface area contributed by atoms with Gasteiger partial charge in [-0.3, -0.25) is 19.4 Å². The van der Waals surface area contributed by atoms with Crippen LogP contribution >= 0.6 is 0 Å². The summed E-state index contributed by atoms with van der Waals surface area (Å²) in [4.78, 5) is 59.7. The Balaban J connectivity index is 0.813. The number of nitrogens with two attached hydrogens (primary N) is 1. The number of piperazine rings is 1. The van der Waals surface area contributed by atoms with Gasteiger partial charge in [0.05, 0.1) is 42.9 Å². The maximum absolute atomic E-state index is 13.5. The van der Waals surface area contributed by atoms with Gasteiger partial charge in [0.1, 0.15) is 17.3 Å². The zero-order valence-electron chi connectivity index (χ0n) is 33.8. The summed E-state index contributed by atoms with van der Waals surface area (Å²) in [5, 5.41) is 32.3. The molecule has 4 aromatic rings. The number of hydrogen-bond acceptors (Lipinski definition) is 15. The summed E-state index contributed by atoms with van der Waals surface area (Å²) < 4.78 is 5.53. The van der Waals surface area contributed by atoms with Crippen LogP contribution in [0.4, 0.5) is 11.9 Å². The average molecular weight is 808 g/mol. The van der Waals surface area contributed by atoms with Gasteiger partial charge in [-0.25, -0.2) is 15.0 Å². The number of carbonyl (C=O) groups excluding carboxylic acids is 2. The largest absolute Gasteiger partial charge is 0.508 e. The molecule has 59 heavy (non-hydrogen) atoms. The molecule has 4 aliphatic rings. The van der Waals surface area contributed by atoms with Crippen molar-refractivity contribution in [3.8, 4) is 22.9 Å². The van der Waals surface area contributed by atoms with Crippen molar-refractivity contribution in [1.82, 2.24) is 44.5 Å². The molecule has 3 fully saturated rings. The van der Waals surface area contributed by atoms with E-state index in [-0.39, 0.29) is 47.2 Å². The van der Waals surface area contributed by atoms with Crippen molar-refractivity contribution < 1.29 is 29.6 Å². The first-order valence-corrected chi connectivity index (χ1v) is 20.5. The van der Waals surface area contributed by atoms with Gasteiger partial charge < -0.3 is 40.5 Å². The van der Waals surface area contributed by atoms with Crippen LogP contribution in [0.15, 0.2) is 42.7 Å². The van der Waals surface area contributed by atoms with E-state index in [0.717, 1.165) is 16.7 Å². The zero-order valence-corrected chi connectivity index (χ0v) is 33.8. The van der Waals surface area contributed by atoms with Crippen LogP contribution < -0.4 is 10.6 Å². The SMILES string of the molecule is CC(C)c1cc(C(=O)N2Cc3ccc(CN4CCC(O)(CC(=O)N5CCN(Cc6nc(-c7cnc(N)nc7)nc(N7CCOCC7)n6)CC5)CC4)cc3C2)c(O)cc1O. The van der Waals surface area contributed by atoms with Crippen LogP contribution in [-0.4, -0.2) is 143 Å². The summed E-state index contributed by atoms with van der Waals surface area (Å²) in [5.41, 5.74) is 9.38. The van der Waals surface area contributed by atoms with Crippen molar-refractivity contribution in [2.24, 2.45) is 0 Å². The molecule has 0 bridgehead atoms. The van der Waals surface area contributed by atoms with Gasteiger partial charge in [0.2, 0.25) is 17.8 Å². The highest BCUT2D eigenvalue weighted by atomic mass is 16.5. The third-order valence-electron chi connectivity index (χ3n) is 11.9. The first-order valence-electron chi connectivity index (χ1n) is 20.5. The Morgan fingerprint density at radius 3 is 2.22 bits per heavy atom. The molecule has 0 unspecified atom stereocenters. The normalized spacial score (nSPS) is 18.7. The van der Waals surface area contributed by atoms with E-state index < -0.39 is 5.60 Å². The van der Waals surface area contributed by atoms with Crippen molar-refractivity contribution >= 4 is 23.7 Å². The first kappa shape index (κ1) is 40.3. The van der Waals surface area contributed by atoms with E-state index in [1.165, 1.54) is 6.07 Å². The molecule has 0 spiro atoms. The number of anilines is 2. The summed E-state index contributed by atoms with van der Waals surface area (Å²) in [6.45, 7) is 12.3. The highest BCUT2D eigenvalue weighted by molar-refractivity contribution is 5.97. The molecule has 17 nitrogen and oxygen atoms in total. The van der Waals surface area contributed by atoms with E-state index >= 15 is 0 Å². The monoisotopic (exact) mass is 807 g/mol. The predicted molar refractivity (Wildman–Crippen MR) is 218 cm³/mol. The lowest BCUT2D eigenvalue weighted by atomic mass is 9.87. The molecular formula is C42H53N11O6. The number of rotatable bonds is 10. The number of phenolic OH excluding ortho intramolecular Hbond substituents is 2. The third-order valence-corrected chi connectivity index (χ3v) is 11.9. The number of carbonyl (C=O) groups is 2. The Bertz CT molecular complexity index is 2170. The number of hydrogen-bond donors (Lipinski definition) is 4. The summed E-state index contributed by atoms with van der Waals surface area (Å²) in [7, 11) is 0. The van der Waals surface area contributed by atoms with Gasteiger partial charge in [0.25, 0.3) is 5.91 Å². The molecule has 2 amide bonds. The quantitative estimate of drug-likeness (QED) is 0.181. The van der Waals surface area contributed by atoms with Crippen LogP contribution in [0.1, 0.15) is 77.5 Å². The number of fused-ring (bicyclic) bond motifs is 1. The first-order chi connectivity index (χ1) is 28.4. The number of likely N-dealkylation sites (tertiary alicyclic amines) is 1. The molecule has 0 atom stereocenters. The number of aromatic hydroxyl groups is 2. The van der Waals surface area contributed by atoms with E-state index in [2.05, 4.69) is 42.9 Å². The molecule has 4 aliphatic heterocycles. The molecule has 5 N–H and O–H groups in total. The van der Waals surface area contributed by atoms with Gasteiger partial charge in [0, 0.05) is 90.5 Å². The smallest absolute Gasteiger partial charge is 0.258 e. The molecule has 2 aromatic heterocycles. The minimum absolute atomic E-state index is 0.00134. The Morgan fingerprint density at radius 2 is 1.51 bits per heavy atom. The Hall–Kier alpha value is -5.49. The molecular weight excluding hydrogens is 755 g/mol. The number of aromatic nitrogens is 5. The zero-order chi connectivity index (χ0) is 41.3. The second-order valence-electron chi connectivity index (χ2n) is 16.5. The summed E-state index contributed by atoms with van der Waals surface area (Å²) >= 11 is 0. The number of nitrogens with zero attached hydrogens (tertiary/aromatic N) is 10.